The van der Waals surface area contributed by atoms with Crippen molar-refractivity contribution in [2.75, 3.05) is 23.0 Å². The van der Waals surface area contributed by atoms with E-state index in [1.807, 2.05) is 0 Å². The van der Waals surface area contributed by atoms with Gasteiger partial charge in [-0.15, -0.1) is 5.10 Å². The van der Waals surface area contributed by atoms with E-state index in [1.165, 1.54) is 7.05 Å². The smallest absolute Gasteiger partial charge is 0.433 e. The number of carbonyl (C=O) groups excluding carboxylic acids is 1. The van der Waals surface area contributed by atoms with Gasteiger partial charge in [-0.2, -0.15) is 44.3 Å². The lowest BCUT2D eigenvalue weighted by Gasteiger charge is -2.43. The van der Waals surface area contributed by atoms with Gasteiger partial charge < -0.3 is 14.4 Å². The third-order valence-corrected chi connectivity index (χ3v) is 7.58. The topological polar surface area (TPSA) is 98.5 Å². The van der Waals surface area contributed by atoms with E-state index in [1.54, 1.807) is 6.92 Å². The first kappa shape index (κ1) is 33.2. The number of tetrazole rings is 1. The molecule has 0 radical (unpaired) electrons. The lowest BCUT2D eigenvalue weighted by atomic mass is 9.91. The number of alkyl halides is 9. The maximum atomic E-state index is 13.9. The van der Waals surface area contributed by atoms with Crippen LogP contribution in [0, 0.1) is 0 Å². The molecule has 1 fully saturated rings. The van der Waals surface area contributed by atoms with Gasteiger partial charge in [-0.3, -0.25) is 4.90 Å². The highest BCUT2D eigenvalue weighted by molar-refractivity contribution is 5.90. The summed E-state index contributed by atoms with van der Waals surface area (Å²) in [6.45, 7) is 1.44. The van der Waals surface area contributed by atoms with Crippen LogP contribution in [0.5, 0.6) is 0 Å². The molecule has 0 aliphatic carbocycles. The Morgan fingerprint density at radius 3 is 2.22 bits per heavy atom. The van der Waals surface area contributed by atoms with E-state index in [2.05, 4.69) is 20.4 Å². The Morgan fingerprint density at radius 2 is 1.70 bits per heavy atom. The van der Waals surface area contributed by atoms with Crippen LogP contribution in [-0.4, -0.2) is 56.6 Å². The number of benzene rings is 1. The number of nitrogens with zero attached hydrogens (tertiary/aromatic N) is 7. The van der Waals surface area contributed by atoms with Crippen LogP contribution in [0.15, 0.2) is 30.3 Å². The number of pyridine rings is 1. The molecule has 46 heavy (non-hydrogen) atoms. The minimum absolute atomic E-state index is 0.0343. The first-order valence-electron chi connectivity index (χ1n) is 13.9. The molecule has 0 bridgehead atoms. The van der Waals surface area contributed by atoms with Crippen molar-refractivity contribution in [1.82, 2.24) is 25.2 Å². The number of hydrogen-bond acceptors (Lipinski definition) is 8. The van der Waals surface area contributed by atoms with Crippen molar-refractivity contribution in [3.63, 3.8) is 0 Å². The number of carbonyl (C=O) groups is 1. The van der Waals surface area contributed by atoms with Crippen LogP contribution in [-0.2, 0) is 41.6 Å². The highest BCUT2D eigenvalue weighted by Gasteiger charge is 2.44. The maximum Gasteiger partial charge on any atom is 0.433 e. The number of anilines is 2. The zero-order valence-corrected chi connectivity index (χ0v) is 24.1. The number of fused-ring (bicyclic) bond motifs is 1. The lowest BCUT2D eigenvalue weighted by molar-refractivity contribution is -0.143. The lowest BCUT2D eigenvalue weighted by Crippen LogP contribution is -2.49. The van der Waals surface area contributed by atoms with Crippen LogP contribution in [0.3, 0.4) is 0 Å². The molecule has 5 rings (SSSR count). The normalized spacial score (nSPS) is 20.5. The van der Waals surface area contributed by atoms with Gasteiger partial charge in [0.1, 0.15) is 11.8 Å². The Hall–Kier alpha value is -4.16. The molecular weight excluding hydrogens is 641 g/mol. The molecule has 1 amide bonds. The minimum Gasteiger partial charge on any atom is -0.443 e. The third-order valence-electron chi connectivity index (χ3n) is 7.58. The van der Waals surface area contributed by atoms with E-state index >= 15 is 0 Å². The summed E-state index contributed by atoms with van der Waals surface area (Å²) in [6, 6.07) is 0.652. The first-order chi connectivity index (χ1) is 21.5. The minimum atomic E-state index is -5.15. The number of ether oxygens (including phenoxy) is 2. The molecule has 1 aromatic carbocycles. The summed E-state index contributed by atoms with van der Waals surface area (Å²) in [7, 11) is 1.34. The number of rotatable bonds is 6. The van der Waals surface area contributed by atoms with Crippen LogP contribution < -0.4 is 9.80 Å². The number of amides is 1. The summed E-state index contributed by atoms with van der Waals surface area (Å²) in [5, 5.41) is 11.6. The van der Waals surface area contributed by atoms with Crippen LogP contribution >= 0.6 is 0 Å². The van der Waals surface area contributed by atoms with Crippen molar-refractivity contribution < 1.29 is 53.8 Å². The van der Waals surface area contributed by atoms with Crippen LogP contribution in [0.4, 0.5) is 55.9 Å². The second-order valence-electron chi connectivity index (χ2n) is 10.8. The molecule has 0 unspecified atom stereocenters. The summed E-state index contributed by atoms with van der Waals surface area (Å²) in [5.41, 5.74) is -5.42. The summed E-state index contributed by atoms with van der Waals surface area (Å²) < 4.78 is 135. The fourth-order valence-electron chi connectivity index (χ4n) is 5.44. The largest absolute Gasteiger partial charge is 0.443 e. The van der Waals surface area contributed by atoms with Crippen LogP contribution in [0.2, 0.25) is 0 Å². The zero-order valence-electron chi connectivity index (χ0n) is 24.1. The molecule has 0 spiro atoms. The average Bonchev–Trinajstić information content (AvgIpc) is 3.64. The van der Waals surface area contributed by atoms with E-state index in [4.69, 9.17) is 9.47 Å². The third kappa shape index (κ3) is 6.97. The number of halogens is 9. The molecule has 2 aliphatic rings. The van der Waals surface area contributed by atoms with Crippen molar-refractivity contribution in [2.24, 2.45) is 7.05 Å². The molecule has 250 valence electrons. The second kappa shape index (κ2) is 12.2. The van der Waals surface area contributed by atoms with Gasteiger partial charge in [-0.05, 0) is 54.0 Å². The Bertz CT molecular complexity index is 1540. The maximum absolute atomic E-state index is 13.9. The van der Waals surface area contributed by atoms with Gasteiger partial charge in [0, 0.05) is 19.0 Å². The quantitative estimate of drug-likeness (QED) is 0.282. The highest BCUT2D eigenvalue weighted by Crippen LogP contribution is 2.45. The van der Waals surface area contributed by atoms with Gasteiger partial charge in [-0.1, -0.05) is 12.0 Å². The average molecular weight is 668 g/mol. The molecule has 3 atom stereocenters. The predicted molar refractivity (Wildman–Crippen MR) is 140 cm³/mol. The summed E-state index contributed by atoms with van der Waals surface area (Å²) in [4.78, 5) is 20.5. The molecule has 3 aromatic rings. The van der Waals surface area contributed by atoms with Crippen molar-refractivity contribution >= 4 is 17.7 Å². The fourth-order valence-corrected chi connectivity index (χ4v) is 5.44. The SMILES string of the molecule is CC[C@@H]1C[C@H](N(Cc2cc(C(F)(F)F)cc(C(F)(F)F)c2)c2nnn(C)n2)c2nc(C(F)(F)F)ccc2N1C(=O)O[C@H]1CCOC1. The van der Waals surface area contributed by atoms with Gasteiger partial charge in [-0.25, -0.2) is 9.78 Å². The highest BCUT2D eigenvalue weighted by atomic mass is 19.4. The number of hydrogen-bond donors (Lipinski definition) is 0. The van der Waals surface area contributed by atoms with Crippen molar-refractivity contribution in [3.05, 3.63) is 58.4 Å². The van der Waals surface area contributed by atoms with E-state index in [0.717, 1.165) is 20.7 Å². The standard InChI is InChI=1S/C27H26F9N7O3/c1-3-17-11-20(22-19(4-5-21(37-22)27(34,35)36)43(17)24(44)46-18-6-7-45-13-18)42(23-38-40-41(2)39-23)12-14-8-15(25(28,29)30)10-16(9-14)26(31,32)33/h4-5,8-10,17-18,20H,3,6-7,11-13H2,1-2H3/t17-,18+,20+/m1/s1. The number of aryl methyl sites for hydroxylation is 1. The van der Waals surface area contributed by atoms with Crippen LogP contribution in [0.25, 0.3) is 0 Å². The molecule has 2 aromatic heterocycles. The Balaban J connectivity index is 1.65. The molecule has 19 heteroatoms. The van der Waals surface area contributed by atoms with Gasteiger partial charge in [0.15, 0.2) is 0 Å². The Morgan fingerprint density at radius 1 is 1.02 bits per heavy atom. The second-order valence-corrected chi connectivity index (χ2v) is 10.8. The monoisotopic (exact) mass is 667 g/mol. The summed E-state index contributed by atoms with van der Waals surface area (Å²) in [5.74, 6) is -0.308. The van der Waals surface area contributed by atoms with E-state index in [-0.39, 0.29) is 42.8 Å². The van der Waals surface area contributed by atoms with Gasteiger partial charge in [0.25, 0.3) is 5.95 Å². The van der Waals surface area contributed by atoms with Crippen molar-refractivity contribution in [1.29, 1.82) is 0 Å². The van der Waals surface area contributed by atoms with Gasteiger partial charge >= 0.3 is 24.6 Å². The zero-order chi connectivity index (χ0) is 33.6. The predicted octanol–water partition coefficient (Wildman–Crippen LogP) is 6.32. The molecule has 0 saturated carbocycles. The van der Waals surface area contributed by atoms with Crippen molar-refractivity contribution in [3.8, 4) is 0 Å². The molecule has 1 saturated heterocycles. The Kier molecular flexibility index (Phi) is 8.82. The van der Waals surface area contributed by atoms with E-state index in [9.17, 15) is 44.3 Å². The molecule has 10 nitrogen and oxygen atoms in total. The summed E-state index contributed by atoms with van der Waals surface area (Å²) >= 11 is 0. The van der Waals surface area contributed by atoms with Gasteiger partial charge in [0.2, 0.25) is 0 Å². The molecule has 4 heterocycles. The van der Waals surface area contributed by atoms with Gasteiger partial charge in [0.05, 0.1) is 48.8 Å². The molecule has 0 N–H and O–H groups in total. The Labute approximate surface area is 255 Å². The van der Waals surface area contributed by atoms with E-state index < -0.39 is 71.7 Å². The number of aromatic nitrogens is 5. The molecular formula is C27H26F9N7O3. The molecule has 2 aliphatic heterocycles. The summed E-state index contributed by atoms with van der Waals surface area (Å²) in [6.07, 6.45) is -16.2. The van der Waals surface area contributed by atoms with Crippen molar-refractivity contribution in [2.45, 2.75) is 69.4 Å². The van der Waals surface area contributed by atoms with Crippen LogP contribution in [0.1, 0.15) is 60.3 Å². The fraction of sp³-hybridized carbons (Fsp3) is 0.519. The van der Waals surface area contributed by atoms with E-state index in [0.29, 0.717) is 31.2 Å². The first-order valence-corrected chi connectivity index (χ1v) is 13.9.